The molecule has 1 aromatic rings. The molecule has 1 rings (SSSR count). The topological polar surface area (TPSA) is 44.5 Å². The highest BCUT2D eigenvalue weighted by Crippen LogP contribution is 2.24. The van der Waals surface area contributed by atoms with Crippen LogP contribution in [0.1, 0.15) is 38.7 Å². The highest BCUT2D eigenvalue weighted by Gasteiger charge is 2.07. The van der Waals surface area contributed by atoms with E-state index < -0.39 is 0 Å². The van der Waals surface area contributed by atoms with Crippen molar-refractivity contribution in [3.05, 3.63) is 28.2 Å². The van der Waals surface area contributed by atoms with E-state index in [1.54, 1.807) is 0 Å². The Hall–Kier alpha value is -0.580. The first-order chi connectivity index (χ1) is 9.67. The summed E-state index contributed by atoms with van der Waals surface area (Å²) in [6, 6.07) is 6.24. The summed E-state index contributed by atoms with van der Waals surface area (Å²) in [7, 11) is 0. The van der Waals surface area contributed by atoms with E-state index in [1.165, 1.54) is 5.56 Å². The van der Waals surface area contributed by atoms with Crippen molar-refractivity contribution in [2.75, 3.05) is 19.8 Å². The Morgan fingerprint density at radius 2 is 2.00 bits per heavy atom. The maximum absolute atomic E-state index is 6.01. The number of nitrogens with two attached hydrogens (primary N) is 1. The maximum Gasteiger partial charge on any atom is 0.119 e. The van der Waals surface area contributed by atoms with Crippen molar-refractivity contribution in [3.63, 3.8) is 0 Å². The predicted octanol–water partition coefficient (Wildman–Crippen LogP) is 3.92. The molecule has 0 spiro atoms. The van der Waals surface area contributed by atoms with Crippen LogP contribution >= 0.6 is 15.9 Å². The lowest BCUT2D eigenvalue weighted by Crippen LogP contribution is -2.21. The van der Waals surface area contributed by atoms with Gasteiger partial charge in [-0.05, 0) is 43.0 Å². The molecule has 0 amide bonds. The Labute approximate surface area is 131 Å². The van der Waals surface area contributed by atoms with Crippen molar-refractivity contribution in [3.8, 4) is 5.75 Å². The molecule has 4 heteroatoms. The van der Waals surface area contributed by atoms with Gasteiger partial charge in [-0.3, -0.25) is 0 Å². The number of hydrogen-bond donors (Lipinski definition) is 1. The van der Waals surface area contributed by atoms with Gasteiger partial charge in [-0.15, -0.1) is 0 Å². The molecule has 0 aliphatic rings. The molecule has 0 bridgehead atoms. The molecule has 1 aromatic carbocycles. The van der Waals surface area contributed by atoms with Crippen LogP contribution in [0.5, 0.6) is 5.75 Å². The Bertz CT molecular complexity index is 385. The number of rotatable bonds is 10. The summed E-state index contributed by atoms with van der Waals surface area (Å²) in [5, 5.41) is 0. The smallest absolute Gasteiger partial charge is 0.119 e. The zero-order valence-electron chi connectivity index (χ0n) is 12.5. The largest absolute Gasteiger partial charge is 0.491 e. The van der Waals surface area contributed by atoms with Gasteiger partial charge in [-0.1, -0.05) is 36.2 Å². The van der Waals surface area contributed by atoms with E-state index in [1.807, 2.05) is 12.1 Å². The standard InChI is InChI=1S/C16H26BrNO2/c1-3-5-8-19-9-10-20-15-6-7-16(17)13(12-15)11-14(18)4-2/h6-7,12,14H,3-5,8-11,18H2,1-2H3. The van der Waals surface area contributed by atoms with Gasteiger partial charge in [0.15, 0.2) is 0 Å². The van der Waals surface area contributed by atoms with Crippen LogP contribution in [0.3, 0.4) is 0 Å². The lowest BCUT2D eigenvalue weighted by Gasteiger charge is -2.13. The van der Waals surface area contributed by atoms with Gasteiger partial charge >= 0.3 is 0 Å². The van der Waals surface area contributed by atoms with E-state index in [0.717, 1.165) is 42.5 Å². The molecule has 1 unspecified atom stereocenters. The van der Waals surface area contributed by atoms with E-state index in [0.29, 0.717) is 13.2 Å². The summed E-state index contributed by atoms with van der Waals surface area (Å²) in [5.41, 5.74) is 7.21. The van der Waals surface area contributed by atoms with Gasteiger partial charge in [0.25, 0.3) is 0 Å². The van der Waals surface area contributed by atoms with Crippen LogP contribution in [0.4, 0.5) is 0 Å². The van der Waals surface area contributed by atoms with Gasteiger partial charge in [0, 0.05) is 17.1 Å². The molecule has 1 atom stereocenters. The lowest BCUT2D eigenvalue weighted by atomic mass is 10.0. The van der Waals surface area contributed by atoms with Gasteiger partial charge in [0.1, 0.15) is 12.4 Å². The fraction of sp³-hybridized carbons (Fsp3) is 0.625. The average molecular weight is 344 g/mol. The number of ether oxygens (including phenoxy) is 2. The molecule has 0 saturated carbocycles. The van der Waals surface area contributed by atoms with Crippen LogP contribution in [-0.2, 0) is 11.2 Å². The third-order valence-electron chi connectivity index (χ3n) is 3.16. The Morgan fingerprint density at radius 1 is 1.20 bits per heavy atom. The highest BCUT2D eigenvalue weighted by atomic mass is 79.9. The van der Waals surface area contributed by atoms with Crippen molar-refractivity contribution in [1.29, 1.82) is 0 Å². The van der Waals surface area contributed by atoms with Gasteiger partial charge in [0.05, 0.1) is 6.61 Å². The molecular formula is C16H26BrNO2. The molecule has 114 valence electrons. The summed E-state index contributed by atoms with van der Waals surface area (Å²) in [4.78, 5) is 0. The molecule has 0 aliphatic heterocycles. The van der Waals surface area contributed by atoms with Crippen molar-refractivity contribution in [2.45, 2.75) is 45.6 Å². The van der Waals surface area contributed by atoms with Gasteiger partial charge in [-0.25, -0.2) is 0 Å². The summed E-state index contributed by atoms with van der Waals surface area (Å²) in [6.45, 7) is 6.30. The van der Waals surface area contributed by atoms with E-state index in [9.17, 15) is 0 Å². The molecule has 0 fully saturated rings. The first-order valence-corrected chi connectivity index (χ1v) is 8.21. The quantitative estimate of drug-likeness (QED) is 0.654. The summed E-state index contributed by atoms with van der Waals surface area (Å²) < 4.78 is 12.3. The monoisotopic (exact) mass is 343 g/mol. The number of halogens is 1. The molecule has 0 heterocycles. The van der Waals surface area contributed by atoms with E-state index in [2.05, 4.69) is 35.8 Å². The molecule has 3 nitrogen and oxygen atoms in total. The average Bonchev–Trinajstić information content (AvgIpc) is 2.45. The third kappa shape index (κ3) is 6.73. The van der Waals surface area contributed by atoms with Crippen molar-refractivity contribution >= 4 is 15.9 Å². The zero-order valence-corrected chi connectivity index (χ0v) is 14.1. The minimum atomic E-state index is 0.193. The van der Waals surface area contributed by atoms with E-state index >= 15 is 0 Å². The van der Waals surface area contributed by atoms with E-state index in [-0.39, 0.29) is 6.04 Å². The van der Waals surface area contributed by atoms with Gasteiger partial charge < -0.3 is 15.2 Å². The van der Waals surface area contributed by atoms with Gasteiger partial charge in [0.2, 0.25) is 0 Å². The summed E-state index contributed by atoms with van der Waals surface area (Å²) in [6.07, 6.45) is 4.11. The zero-order chi connectivity index (χ0) is 14.8. The Morgan fingerprint density at radius 3 is 2.70 bits per heavy atom. The van der Waals surface area contributed by atoms with Crippen molar-refractivity contribution < 1.29 is 9.47 Å². The minimum absolute atomic E-state index is 0.193. The first kappa shape index (κ1) is 17.5. The molecule has 0 saturated heterocycles. The second-order valence-corrected chi connectivity index (χ2v) is 5.79. The first-order valence-electron chi connectivity index (χ1n) is 7.41. The van der Waals surface area contributed by atoms with Crippen LogP contribution in [0.15, 0.2) is 22.7 Å². The summed E-state index contributed by atoms with van der Waals surface area (Å²) in [5.74, 6) is 0.880. The molecule has 0 aromatic heterocycles. The number of hydrogen-bond acceptors (Lipinski definition) is 3. The summed E-state index contributed by atoms with van der Waals surface area (Å²) >= 11 is 3.56. The van der Waals surface area contributed by atoms with Crippen LogP contribution in [0.25, 0.3) is 0 Å². The van der Waals surface area contributed by atoms with Crippen LogP contribution in [0, 0.1) is 0 Å². The van der Waals surface area contributed by atoms with E-state index in [4.69, 9.17) is 15.2 Å². The normalized spacial score (nSPS) is 12.4. The Kier molecular flexibility index (Phi) is 8.90. The second-order valence-electron chi connectivity index (χ2n) is 4.94. The van der Waals surface area contributed by atoms with Crippen molar-refractivity contribution in [2.24, 2.45) is 5.73 Å². The highest BCUT2D eigenvalue weighted by molar-refractivity contribution is 9.10. The van der Waals surface area contributed by atoms with Crippen LogP contribution in [0.2, 0.25) is 0 Å². The predicted molar refractivity (Wildman–Crippen MR) is 87.3 cm³/mol. The fourth-order valence-corrected chi connectivity index (χ4v) is 2.20. The Balaban J connectivity index is 2.40. The van der Waals surface area contributed by atoms with Crippen LogP contribution in [-0.4, -0.2) is 25.9 Å². The fourth-order valence-electron chi connectivity index (χ4n) is 1.79. The maximum atomic E-state index is 6.01. The lowest BCUT2D eigenvalue weighted by molar-refractivity contribution is 0.0980. The molecule has 2 N–H and O–H groups in total. The number of unbranched alkanes of at least 4 members (excludes halogenated alkanes) is 1. The molecular weight excluding hydrogens is 318 g/mol. The third-order valence-corrected chi connectivity index (χ3v) is 3.94. The second kappa shape index (κ2) is 10.2. The SMILES string of the molecule is CCCCOCCOc1ccc(Br)c(CC(N)CC)c1. The van der Waals surface area contributed by atoms with Crippen molar-refractivity contribution in [1.82, 2.24) is 0 Å². The molecule has 20 heavy (non-hydrogen) atoms. The molecule has 0 aliphatic carbocycles. The van der Waals surface area contributed by atoms with Crippen LogP contribution < -0.4 is 10.5 Å². The van der Waals surface area contributed by atoms with Gasteiger partial charge in [-0.2, -0.15) is 0 Å². The number of benzene rings is 1. The molecule has 0 radical (unpaired) electrons. The minimum Gasteiger partial charge on any atom is -0.491 e.